The molecule has 0 aromatic rings. The molecule has 3 aliphatic rings. The fourth-order valence-electron chi connectivity index (χ4n) is 7.38. The molecule has 3 heterocycles. The molecule has 0 bridgehead atoms. The summed E-state index contributed by atoms with van der Waals surface area (Å²) in [6, 6.07) is 0.373. The highest BCUT2D eigenvalue weighted by atomic mass is 16.7. The summed E-state index contributed by atoms with van der Waals surface area (Å²) >= 11 is 0. The first kappa shape index (κ1) is 37.5. The molecule has 11 nitrogen and oxygen atoms in total. The number of Topliss-reactive ketones (excluding diaryl/α,β-unsaturated/α-hetero) is 1. The third-order valence-electron chi connectivity index (χ3n) is 9.92. The first-order valence-corrected chi connectivity index (χ1v) is 15.5. The van der Waals surface area contributed by atoms with Gasteiger partial charge in [0.05, 0.1) is 17.8 Å². The molecule has 0 aliphatic carbocycles. The van der Waals surface area contributed by atoms with Crippen LogP contribution in [0, 0.1) is 29.1 Å². The summed E-state index contributed by atoms with van der Waals surface area (Å²) in [5.74, 6) is -0.566. The van der Waals surface area contributed by atoms with E-state index in [2.05, 4.69) is 63.7 Å². The SMILES string of the molecule is CO[C@]1(C)C[C@@H](C)CN(C)[C@H](C2CN(C)C2)COC(=O)C(C)(C)C(=O)[C@H](C)[C@H]1O[C@@H]1O[C@H](C)C[C@H](N(C)C)[C@H]1C.O=C=O. The maximum absolute atomic E-state index is 14.1. The molecule has 3 saturated heterocycles. The average Bonchev–Trinajstić information content (AvgIpc) is 2.90. The molecule has 0 spiro atoms. The number of cyclic esters (lactones) is 1. The Morgan fingerprint density at radius 1 is 1.00 bits per heavy atom. The Labute approximate surface area is 258 Å². The van der Waals surface area contributed by atoms with Gasteiger partial charge in [-0.25, -0.2) is 0 Å². The second-order valence-corrected chi connectivity index (χ2v) is 14.3. The van der Waals surface area contributed by atoms with Crippen molar-refractivity contribution in [3.8, 4) is 0 Å². The molecule has 0 unspecified atom stereocenters. The fourth-order valence-corrected chi connectivity index (χ4v) is 7.38. The minimum Gasteiger partial charge on any atom is -0.463 e. The maximum atomic E-state index is 14.1. The number of nitrogens with zero attached hydrogens (tertiary/aromatic N) is 3. The number of carbonyl (C=O) groups is 2. The number of methoxy groups -OCH3 is 1. The first-order valence-electron chi connectivity index (χ1n) is 15.5. The third kappa shape index (κ3) is 8.93. The molecule has 0 saturated carbocycles. The molecule has 3 rings (SSSR count). The molecule has 9 atom stereocenters. The fraction of sp³-hybridized carbons (Fsp3) is 0.906. The molecule has 0 amide bonds. The monoisotopic (exact) mass is 611 g/mol. The van der Waals surface area contributed by atoms with Crippen molar-refractivity contribution in [2.24, 2.45) is 29.1 Å². The maximum Gasteiger partial charge on any atom is 0.373 e. The number of hydrogen-bond acceptors (Lipinski definition) is 11. The van der Waals surface area contributed by atoms with Crippen LogP contribution < -0.4 is 0 Å². The van der Waals surface area contributed by atoms with E-state index in [1.54, 1.807) is 21.0 Å². The van der Waals surface area contributed by atoms with Crippen molar-refractivity contribution < 1.29 is 38.1 Å². The summed E-state index contributed by atoms with van der Waals surface area (Å²) in [7, 11) is 10.1. The Morgan fingerprint density at radius 2 is 1.58 bits per heavy atom. The number of hydrogen-bond donors (Lipinski definition) is 0. The van der Waals surface area contributed by atoms with Gasteiger partial charge in [-0.1, -0.05) is 20.8 Å². The van der Waals surface area contributed by atoms with Crippen molar-refractivity contribution in [2.45, 2.75) is 97.5 Å². The van der Waals surface area contributed by atoms with Crippen molar-refractivity contribution in [3.05, 3.63) is 0 Å². The smallest absolute Gasteiger partial charge is 0.373 e. The lowest BCUT2D eigenvalue weighted by molar-refractivity contribution is -0.281. The number of carbonyl (C=O) groups excluding carboxylic acids is 4. The summed E-state index contributed by atoms with van der Waals surface area (Å²) in [5.41, 5.74) is -2.11. The van der Waals surface area contributed by atoms with E-state index in [0.29, 0.717) is 12.3 Å². The lowest BCUT2D eigenvalue weighted by Gasteiger charge is -2.48. The van der Waals surface area contributed by atoms with E-state index >= 15 is 0 Å². The summed E-state index contributed by atoms with van der Waals surface area (Å²) in [5, 5.41) is 0. The zero-order valence-corrected chi connectivity index (χ0v) is 28.5. The van der Waals surface area contributed by atoms with Gasteiger partial charge in [0.15, 0.2) is 12.1 Å². The summed E-state index contributed by atoms with van der Waals surface area (Å²) in [6.45, 7) is 16.7. The number of rotatable bonds is 5. The molecule has 0 aromatic heterocycles. The highest BCUT2D eigenvalue weighted by molar-refractivity contribution is 6.04. The predicted molar refractivity (Wildman–Crippen MR) is 161 cm³/mol. The van der Waals surface area contributed by atoms with Crippen LogP contribution in [0.3, 0.4) is 0 Å². The van der Waals surface area contributed by atoms with Crippen LogP contribution in [0.1, 0.15) is 61.3 Å². The van der Waals surface area contributed by atoms with E-state index in [0.717, 1.165) is 26.1 Å². The third-order valence-corrected chi connectivity index (χ3v) is 9.92. The highest BCUT2D eigenvalue weighted by Gasteiger charge is 2.51. The standard InChI is InChI=1S/C31H57N3O6.CO2/c1-19-14-31(7,37-12)27(40-28-21(3)24(32(8)9)13-20(2)39-28)22(4)26(35)30(5,6)29(36)38-18-25(34(11)15-19)23-16-33(10)17-23;2-1-3/h19-25,27-28H,13-18H2,1-12H3;/t19-,20-,21-,22+,24+,25+,27-,28+,31-;/m1./s1. The van der Waals surface area contributed by atoms with Crippen molar-refractivity contribution in [1.82, 2.24) is 14.7 Å². The predicted octanol–water partition coefficient (Wildman–Crippen LogP) is 2.57. The van der Waals surface area contributed by atoms with Crippen LogP contribution in [0.15, 0.2) is 0 Å². The van der Waals surface area contributed by atoms with Gasteiger partial charge in [-0.05, 0) is 74.6 Å². The molecule has 43 heavy (non-hydrogen) atoms. The summed E-state index contributed by atoms with van der Waals surface area (Å²) < 4.78 is 25.4. The number of ketones is 1. The molecule has 3 aliphatic heterocycles. The Morgan fingerprint density at radius 3 is 2.09 bits per heavy atom. The zero-order chi connectivity index (χ0) is 32.9. The van der Waals surface area contributed by atoms with E-state index in [4.69, 9.17) is 28.5 Å². The summed E-state index contributed by atoms with van der Waals surface area (Å²) in [6.07, 6.45) is 0.743. The van der Waals surface area contributed by atoms with Crippen molar-refractivity contribution in [1.29, 1.82) is 0 Å². The van der Waals surface area contributed by atoms with Crippen LogP contribution in [0.4, 0.5) is 0 Å². The van der Waals surface area contributed by atoms with Gasteiger partial charge in [-0.15, -0.1) is 0 Å². The van der Waals surface area contributed by atoms with E-state index in [1.807, 2.05) is 13.8 Å². The van der Waals surface area contributed by atoms with Crippen LogP contribution in [0.5, 0.6) is 0 Å². The molecule has 11 heteroatoms. The Balaban J connectivity index is 0.00000206. The minimum absolute atomic E-state index is 0.0182. The van der Waals surface area contributed by atoms with Crippen LogP contribution >= 0.6 is 0 Å². The Bertz CT molecular complexity index is 964. The van der Waals surface area contributed by atoms with Gasteiger partial charge in [0.1, 0.15) is 12.0 Å². The van der Waals surface area contributed by atoms with E-state index < -0.39 is 35.3 Å². The van der Waals surface area contributed by atoms with Crippen molar-refractivity contribution in [2.75, 3.05) is 61.5 Å². The molecule has 3 fully saturated rings. The quantitative estimate of drug-likeness (QED) is 0.338. The lowest BCUT2D eigenvalue weighted by Crippen LogP contribution is -2.57. The summed E-state index contributed by atoms with van der Waals surface area (Å²) in [4.78, 5) is 50.7. The Hall–Kier alpha value is -1.72. The normalized spacial score (nSPS) is 38.8. The molecule has 248 valence electrons. The first-order chi connectivity index (χ1) is 19.9. The highest BCUT2D eigenvalue weighted by Crippen LogP contribution is 2.39. The number of ether oxygens (including phenoxy) is 4. The van der Waals surface area contributed by atoms with Crippen LogP contribution in [-0.4, -0.2) is 130 Å². The number of likely N-dealkylation sites (tertiary alicyclic amines) is 1. The van der Waals surface area contributed by atoms with Gasteiger partial charge in [-0.2, -0.15) is 9.59 Å². The van der Waals surface area contributed by atoms with Gasteiger partial charge in [-0.3, -0.25) is 14.5 Å². The zero-order valence-electron chi connectivity index (χ0n) is 28.5. The van der Waals surface area contributed by atoms with Crippen molar-refractivity contribution >= 4 is 17.9 Å². The van der Waals surface area contributed by atoms with Gasteiger partial charge >= 0.3 is 12.1 Å². The number of esters is 1. The largest absolute Gasteiger partial charge is 0.463 e. The lowest BCUT2D eigenvalue weighted by atomic mass is 9.74. The van der Waals surface area contributed by atoms with Crippen LogP contribution in [-0.2, 0) is 38.1 Å². The van der Waals surface area contributed by atoms with E-state index in [-0.39, 0.29) is 48.6 Å². The second kappa shape index (κ2) is 15.5. The molecule has 0 N–H and O–H groups in total. The topological polar surface area (TPSA) is 115 Å². The molecule has 0 radical (unpaired) electrons. The van der Waals surface area contributed by atoms with E-state index in [1.165, 1.54) is 0 Å². The van der Waals surface area contributed by atoms with E-state index in [9.17, 15) is 9.59 Å². The second-order valence-electron chi connectivity index (χ2n) is 14.3. The average molecular weight is 612 g/mol. The molecular weight excluding hydrogens is 554 g/mol. The van der Waals surface area contributed by atoms with Crippen LogP contribution in [0.2, 0.25) is 0 Å². The minimum atomic E-state index is -1.33. The molecule has 0 aromatic carbocycles. The van der Waals surface area contributed by atoms with Crippen molar-refractivity contribution in [3.63, 3.8) is 0 Å². The number of likely N-dealkylation sites (N-methyl/N-ethyl adjacent to an activating group) is 1. The van der Waals surface area contributed by atoms with Gasteiger partial charge < -0.3 is 28.7 Å². The van der Waals surface area contributed by atoms with Gasteiger partial charge in [0.25, 0.3) is 0 Å². The van der Waals surface area contributed by atoms with Gasteiger partial charge in [0, 0.05) is 56.6 Å². The molecular formula is C32H57N3O8. The Kier molecular flexibility index (Phi) is 13.5. The van der Waals surface area contributed by atoms with Gasteiger partial charge in [0.2, 0.25) is 0 Å². The van der Waals surface area contributed by atoms with Crippen LogP contribution in [0.25, 0.3) is 0 Å².